The highest BCUT2D eigenvalue weighted by atomic mass is 16.3. The third-order valence-electron chi connectivity index (χ3n) is 3.98. The second-order valence-electron chi connectivity index (χ2n) is 5.82. The molecule has 0 aliphatic heterocycles. The number of nitrogen functional groups attached to an aromatic ring is 1. The first kappa shape index (κ1) is 15.9. The fraction of sp³-hybridized carbons (Fsp3) is 0.176. The Labute approximate surface area is 147 Å². The van der Waals surface area contributed by atoms with Gasteiger partial charge in [0.05, 0.1) is 6.26 Å². The average molecular weight is 349 g/mol. The van der Waals surface area contributed by atoms with E-state index in [2.05, 4.69) is 25.3 Å². The van der Waals surface area contributed by atoms with E-state index in [1.165, 1.54) is 10.9 Å². The number of aromatic nitrogens is 6. The largest absolute Gasteiger partial charge is 0.463 e. The first-order valence-electron chi connectivity index (χ1n) is 7.95. The maximum Gasteiger partial charge on any atom is 0.222 e. The molecule has 0 saturated heterocycles. The Bertz CT molecular complexity index is 1100. The standard InChI is InChI=1S/C17H15N7O2/c1-9-5-3-6-11(19-9)15(25)10(2)24-16-14(22-23-24)13(20-17(18)21-16)12-7-4-8-26-12/h3-8,10H,1-2H3,(H2,18,20,21). The number of carbonyl (C=O) groups excluding carboxylic acids is 1. The smallest absolute Gasteiger partial charge is 0.222 e. The van der Waals surface area contributed by atoms with Gasteiger partial charge in [-0.05, 0) is 38.1 Å². The predicted molar refractivity (Wildman–Crippen MR) is 93.2 cm³/mol. The van der Waals surface area contributed by atoms with Gasteiger partial charge in [0, 0.05) is 5.69 Å². The van der Waals surface area contributed by atoms with E-state index in [-0.39, 0.29) is 11.7 Å². The maximum absolute atomic E-state index is 12.8. The van der Waals surface area contributed by atoms with E-state index in [1.807, 2.05) is 13.0 Å². The second-order valence-corrected chi connectivity index (χ2v) is 5.82. The number of ketones is 1. The molecule has 0 fully saturated rings. The summed E-state index contributed by atoms with van der Waals surface area (Å²) >= 11 is 0. The van der Waals surface area contributed by atoms with Crippen LogP contribution in [0.25, 0.3) is 22.6 Å². The summed E-state index contributed by atoms with van der Waals surface area (Å²) in [5.74, 6) is 0.341. The van der Waals surface area contributed by atoms with E-state index in [9.17, 15) is 4.79 Å². The molecule has 2 N–H and O–H groups in total. The number of fused-ring (bicyclic) bond motifs is 1. The van der Waals surface area contributed by atoms with Crippen LogP contribution >= 0.6 is 0 Å². The van der Waals surface area contributed by atoms with Gasteiger partial charge >= 0.3 is 0 Å². The van der Waals surface area contributed by atoms with Crippen molar-refractivity contribution in [3.63, 3.8) is 0 Å². The molecule has 0 radical (unpaired) electrons. The predicted octanol–water partition coefficient (Wildman–Crippen LogP) is 2.21. The minimum absolute atomic E-state index is 0.0424. The first-order valence-corrected chi connectivity index (χ1v) is 7.95. The number of nitrogens with two attached hydrogens (primary N) is 1. The van der Waals surface area contributed by atoms with E-state index >= 15 is 0 Å². The van der Waals surface area contributed by atoms with Crippen molar-refractivity contribution in [2.75, 3.05) is 5.73 Å². The lowest BCUT2D eigenvalue weighted by atomic mass is 10.1. The molecule has 26 heavy (non-hydrogen) atoms. The molecule has 0 spiro atoms. The zero-order valence-electron chi connectivity index (χ0n) is 14.1. The Morgan fingerprint density at radius 3 is 2.77 bits per heavy atom. The third-order valence-corrected chi connectivity index (χ3v) is 3.98. The van der Waals surface area contributed by atoms with Crippen molar-refractivity contribution < 1.29 is 9.21 Å². The lowest BCUT2D eigenvalue weighted by Gasteiger charge is -2.11. The number of hydrogen-bond donors (Lipinski definition) is 1. The Morgan fingerprint density at radius 2 is 2.04 bits per heavy atom. The van der Waals surface area contributed by atoms with Crippen LogP contribution in [-0.4, -0.2) is 35.7 Å². The Kier molecular flexibility index (Phi) is 3.68. The van der Waals surface area contributed by atoms with Crippen LogP contribution in [0.1, 0.15) is 29.1 Å². The van der Waals surface area contributed by atoms with Gasteiger partial charge in [-0.3, -0.25) is 4.79 Å². The van der Waals surface area contributed by atoms with Crippen molar-refractivity contribution >= 4 is 22.9 Å². The highest BCUT2D eigenvalue weighted by molar-refractivity contribution is 5.98. The summed E-state index contributed by atoms with van der Waals surface area (Å²) in [5, 5.41) is 8.22. The van der Waals surface area contributed by atoms with Gasteiger partial charge in [-0.25, -0.2) is 14.6 Å². The van der Waals surface area contributed by atoms with Gasteiger partial charge in [-0.2, -0.15) is 4.98 Å². The number of furan rings is 1. The van der Waals surface area contributed by atoms with Crippen molar-refractivity contribution in [1.82, 2.24) is 29.9 Å². The average Bonchev–Trinajstić information content (AvgIpc) is 3.29. The van der Waals surface area contributed by atoms with Crippen LogP contribution in [0.15, 0.2) is 41.0 Å². The molecule has 0 aromatic carbocycles. The number of nitrogens with zero attached hydrogens (tertiary/aromatic N) is 6. The maximum atomic E-state index is 12.8. The van der Waals surface area contributed by atoms with Crippen molar-refractivity contribution in [3.05, 3.63) is 48.0 Å². The zero-order chi connectivity index (χ0) is 18.3. The van der Waals surface area contributed by atoms with E-state index in [0.29, 0.717) is 28.3 Å². The van der Waals surface area contributed by atoms with E-state index in [4.69, 9.17) is 10.2 Å². The van der Waals surface area contributed by atoms with Crippen molar-refractivity contribution in [2.24, 2.45) is 0 Å². The SMILES string of the molecule is Cc1cccc(C(=O)C(C)n2nnc3c(-c4ccco4)nc(N)nc32)n1. The van der Waals surface area contributed by atoms with E-state index < -0.39 is 6.04 Å². The van der Waals surface area contributed by atoms with Crippen LogP contribution in [0.2, 0.25) is 0 Å². The highest BCUT2D eigenvalue weighted by Gasteiger charge is 2.24. The molecule has 0 aliphatic rings. The van der Waals surface area contributed by atoms with Crippen molar-refractivity contribution in [1.29, 1.82) is 0 Å². The molecule has 9 heteroatoms. The number of hydrogen-bond acceptors (Lipinski definition) is 8. The molecule has 4 aromatic heterocycles. The number of anilines is 1. The lowest BCUT2D eigenvalue weighted by molar-refractivity contribution is 0.0923. The minimum Gasteiger partial charge on any atom is -0.463 e. The van der Waals surface area contributed by atoms with Crippen LogP contribution < -0.4 is 5.73 Å². The first-order chi connectivity index (χ1) is 12.5. The molecular weight excluding hydrogens is 334 g/mol. The van der Waals surface area contributed by atoms with Crippen LogP contribution in [0, 0.1) is 6.92 Å². The molecule has 4 aromatic rings. The van der Waals surface area contributed by atoms with Crippen LogP contribution in [0.3, 0.4) is 0 Å². The molecule has 130 valence electrons. The van der Waals surface area contributed by atoms with Crippen molar-refractivity contribution in [2.45, 2.75) is 19.9 Å². The van der Waals surface area contributed by atoms with Gasteiger partial charge in [0.1, 0.15) is 17.4 Å². The summed E-state index contributed by atoms with van der Waals surface area (Å²) in [4.78, 5) is 25.5. The van der Waals surface area contributed by atoms with Gasteiger partial charge in [-0.15, -0.1) is 5.10 Å². The zero-order valence-corrected chi connectivity index (χ0v) is 14.1. The summed E-state index contributed by atoms with van der Waals surface area (Å²) in [5.41, 5.74) is 8.15. The van der Waals surface area contributed by atoms with Gasteiger partial charge in [0.25, 0.3) is 0 Å². The second kappa shape index (κ2) is 6.03. The highest BCUT2D eigenvalue weighted by Crippen LogP contribution is 2.27. The van der Waals surface area contributed by atoms with Gasteiger partial charge in [0.15, 0.2) is 16.9 Å². The number of aryl methyl sites for hydroxylation is 1. The molecule has 1 atom stereocenters. The quantitative estimate of drug-likeness (QED) is 0.556. The third kappa shape index (κ3) is 2.59. The van der Waals surface area contributed by atoms with Crippen LogP contribution in [0.4, 0.5) is 5.95 Å². The molecule has 0 saturated carbocycles. The molecule has 4 heterocycles. The Balaban J connectivity index is 1.81. The number of Topliss-reactive ketones (excluding diaryl/α,β-unsaturated/α-hetero) is 1. The topological polar surface area (TPSA) is 126 Å². The fourth-order valence-electron chi connectivity index (χ4n) is 2.70. The molecule has 0 bridgehead atoms. The molecule has 0 amide bonds. The Hall–Kier alpha value is -3.62. The molecule has 1 unspecified atom stereocenters. The lowest BCUT2D eigenvalue weighted by Crippen LogP contribution is -2.19. The van der Waals surface area contributed by atoms with Gasteiger partial charge in [0.2, 0.25) is 11.7 Å². The number of rotatable bonds is 4. The van der Waals surface area contributed by atoms with E-state index in [0.717, 1.165) is 5.69 Å². The summed E-state index contributed by atoms with van der Waals surface area (Å²) < 4.78 is 6.81. The summed E-state index contributed by atoms with van der Waals surface area (Å²) in [6.45, 7) is 3.54. The monoisotopic (exact) mass is 349 g/mol. The van der Waals surface area contributed by atoms with Crippen LogP contribution in [0.5, 0.6) is 0 Å². The number of pyridine rings is 1. The van der Waals surface area contributed by atoms with Crippen LogP contribution in [-0.2, 0) is 0 Å². The minimum atomic E-state index is -0.659. The molecule has 4 rings (SSSR count). The normalized spacial score (nSPS) is 12.4. The van der Waals surface area contributed by atoms with Gasteiger partial charge in [-0.1, -0.05) is 11.3 Å². The molecule has 0 aliphatic carbocycles. The summed E-state index contributed by atoms with van der Waals surface area (Å²) in [6, 6.07) is 8.10. The van der Waals surface area contributed by atoms with E-state index in [1.54, 1.807) is 31.2 Å². The molecular formula is C17H15N7O2. The fourth-order valence-corrected chi connectivity index (χ4v) is 2.70. The summed E-state index contributed by atoms with van der Waals surface area (Å²) in [6.07, 6.45) is 1.53. The molecule has 9 nitrogen and oxygen atoms in total. The van der Waals surface area contributed by atoms with Gasteiger partial charge < -0.3 is 10.2 Å². The van der Waals surface area contributed by atoms with Crippen molar-refractivity contribution in [3.8, 4) is 11.5 Å². The number of carbonyl (C=O) groups is 1. The summed E-state index contributed by atoms with van der Waals surface area (Å²) in [7, 11) is 0. The Morgan fingerprint density at radius 1 is 1.19 bits per heavy atom.